The van der Waals surface area contributed by atoms with Crippen molar-refractivity contribution in [3.63, 3.8) is 0 Å². The largest absolute Gasteiger partial charge is 0.362 e. The molecular weight excluding hydrogens is 353 g/mol. The molecule has 1 aromatic heterocycles. The summed E-state index contributed by atoms with van der Waals surface area (Å²) in [5.74, 6) is 0.274. The smallest absolute Gasteiger partial charge is 0.152 e. The van der Waals surface area contributed by atoms with E-state index >= 15 is 0 Å². The van der Waals surface area contributed by atoms with E-state index in [0.717, 1.165) is 5.52 Å². The highest BCUT2D eigenvalue weighted by Gasteiger charge is 2.18. The van der Waals surface area contributed by atoms with Gasteiger partial charge in [0, 0.05) is 10.5 Å². The fourth-order valence-corrected chi connectivity index (χ4v) is 2.75. The summed E-state index contributed by atoms with van der Waals surface area (Å²) in [4.78, 5) is 15.0. The Morgan fingerprint density at radius 1 is 1.36 bits per heavy atom. The van der Waals surface area contributed by atoms with Gasteiger partial charge >= 0.3 is 0 Å². The molecule has 3 rings (SSSR count). The number of hydrogen-bond donors (Lipinski definition) is 0. The highest BCUT2D eigenvalue weighted by Crippen LogP contribution is 2.27. The molecule has 2 aromatic rings. The van der Waals surface area contributed by atoms with Gasteiger partial charge in [0.25, 0.3) is 0 Å². The van der Waals surface area contributed by atoms with Crippen molar-refractivity contribution in [3.8, 4) is 0 Å². The average molecular weight is 368 g/mol. The van der Waals surface area contributed by atoms with Crippen molar-refractivity contribution in [1.29, 1.82) is 0 Å². The first kappa shape index (κ1) is 15.1. The van der Waals surface area contributed by atoms with Gasteiger partial charge < -0.3 is 9.40 Å². The summed E-state index contributed by atoms with van der Waals surface area (Å²) >= 11 is 3.32. The van der Waals surface area contributed by atoms with Gasteiger partial charge in [-0.15, -0.1) is 0 Å². The van der Waals surface area contributed by atoms with Gasteiger partial charge in [-0.1, -0.05) is 21.2 Å². The molecule has 0 amide bonds. The minimum Gasteiger partial charge on any atom is -0.362 e. The first-order valence-corrected chi connectivity index (χ1v) is 7.63. The van der Waals surface area contributed by atoms with Crippen LogP contribution in [0.5, 0.6) is 0 Å². The van der Waals surface area contributed by atoms with Crippen LogP contribution in [-0.2, 0) is 16.3 Å². The third kappa shape index (κ3) is 2.86. The van der Waals surface area contributed by atoms with E-state index in [9.17, 15) is 4.39 Å². The molecule has 5 nitrogen and oxygen atoms in total. The Bertz CT molecular complexity index is 755. The van der Waals surface area contributed by atoms with E-state index in [4.69, 9.17) is 9.68 Å². The molecule has 0 fully saturated rings. The van der Waals surface area contributed by atoms with Gasteiger partial charge in [-0.25, -0.2) is 14.2 Å². The van der Waals surface area contributed by atoms with Gasteiger partial charge in [0.2, 0.25) is 0 Å². The third-order valence-corrected chi connectivity index (χ3v) is 3.64. The zero-order chi connectivity index (χ0) is 15.7. The lowest BCUT2D eigenvalue weighted by Crippen LogP contribution is -2.19. The fourth-order valence-electron chi connectivity index (χ4n) is 2.34. The fraction of sp³-hybridized carbons (Fsp3) is 0.267. The van der Waals surface area contributed by atoms with Crippen molar-refractivity contribution in [2.45, 2.75) is 26.5 Å². The van der Waals surface area contributed by atoms with Gasteiger partial charge in [0.1, 0.15) is 24.2 Å². The summed E-state index contributed by atoms with van der Waals surface area (Å²) in [5, 5.41) is 1.23. The van der Waals surface area contributed by atoms with E-state index in [0.29, 0.717) is 15.8 Å². The molecule has 1 aliphatic heterocycles. The van der Waals surface area contributed by atoms with E-state index < -0.39 is 0 Å². The molecule has 1 aliphatic rings. The lowest BCUT2D eigenvalue weighted by atomic mass is 10.3. The van der Waals surface area contributed by atoms with Crippen molar-refractivity contribution < 1.29 is 14.1 Å². The maximum atomic E-state index is 14.1. The number of fused-ring (bicyclic) bond motifs is 1. The van der Waals surface area contributed by atoms with Crippen LogP contribution >= 0.6 is 15.9 Å². The Morgan fingerprint density at radius 2 is 2.18 bits per heavy atom. The summed E-state index contributed by atoms with van der Waals surface area (Å²) in [6.07, 6.45) is 6.67. The molecule has 0 atom stereocenters. The average Bonchev–Trinajstić information content (AvgIpc) is 2.85. The van der Waals surface area contributed by atoms with Crippen molar-refractivity contribution in [2.24, 2.45) is 0 Å². The highest BCUT2D eigenvalue weighted by atomic mass is 79.9. The van der Waals surface area contributed by atoms with Crippen LogP contribution in [0.25, 0.3) is 11.0 Å². The topological polar surface area (TPSA) is 39.5 Å². The zero-order valence-electron chi connectivity index (χ0n) is 12.2. The van der Waals surface area contributed by atoms with Crippen LogP contribution in [0.4, 0.5) is 4.39 Å². The molecule has 0 N–H and O–H groups in total. The maximum absolute atomic E-state index is 14.1. The quantitative estimate of drug-likeness (QED) is 0.810. The summed E-state index contributed by atoms with van der Waals surface area (Å²) < 4.78 is 16.7. The van der Waals surface area contributed by atoms with Gasteiger partial charge in [0.15, 0.2) is 5.82 Å². The second-order valence-electron chi connectivity index (χ2n) is 5.08. The predicted molar refractivity (Wildman–Crippen MR) is 83.8 cm³/mol. The van der Waals surface area contributed by atoms with Crippen molar-refractivity contribution in [2.75, 3.05) is 0 Å². The molecule has 116 valence electrons. The molecule has 0 saturated heterocycles. The molecular formula is C15H15BrFN3O2. The maximum Gasteiger partial charge on any atom is 0.152 e. The van der Waals surface area contributed by atoms with E-state index in [1.54, 1.807) is 18.4 Å². The summed E-state index contributed by atoms with van der Waals surface area (Å²) in [5.41, 5.74) is 1.07. The SMILES string of the molecule is CC(C)n1c(CON2C=CC=CO2)nc2c(F)cc(Br)cc21. The van der Waals surface area contributed by atoms with Crippen LogP contribution in [0.1, 0.15) is 25.7 Å². The van der Waals surface area contributed by atoms with Gasteiger partial charge in [-0.05, 0) is 38.1 Å². The van der Waals surface area contributed by atoms with Crippen LogP contribution in [0.15, 0.2) is 41.2 Å². The summed E-state index contributed by atoms with van der Waals surface area (Å²) in [6.45, 7) is 4.20. The number of rotatable bonds is 4. The highest BCUT2D eigenvalue weighted by molar-refractivity contribution is 9.10. The number of imidazole rings is 1. The number of aromatic nitrogens is 2. The monoisotopic (exact) mass is 367 g/mol. The van der Waals surface area contributed by atoms with E-state index in [2.05, 4.69) is 20.9 Å². The van der Waals surface area contributed by atoms with Crippen molar-refractivity contribution in [3.05, 3.63) is 52.9 Å². The summed E-state index contributed by atoms with van der Waals surface area (Å²) in [7, 11) is 0. The number of hydroxylamine groups is 2. The minimum atomic E-state index is -0.359. The molecule has 1 aromatic carbocycles. The zero-order valence-corrected chi connectivity index (χ0v) is 13.7. The Balaban J connectivity index is 1.94. The van der Waals surface area contributed by atoms with Gasteiger partial charge in [-0.2, -0.15) is 0 Å². The van der Waals surface area contributed by atoms with Gasteiger partial charge in [0.05, 0.1) is 11.7 Å². The number of allylic oxidation sites excluding steroid dienone is 2. The Morgan fingerprint density at radius 3 is 2.86 bits per heavy atom. The molecule has 0 unspecified atom stereocenters. The van der Waals surface area contributed by atoms with Crippen LogP contribution in [-0.4, -0.2) is 14.8 Å². The lowest BCUT2D eigenvalue weighted by molar-refractivity contribution is -0.317. The van der Waals surface area contributed by atoms with E-state index in [1.807, 2.05) is 24.5 Å². The standard InChI is InChI=1S/C15H15BrFN3O2/c1-10(2)20-13-8-11(16)7-12(17)15(13)18-14(20)9-22-19-5-3-4-6-21-19/h3-8,10H,9H2,1-2H3. The molecule has 7 heteroatoms. The summed E-state index contributed by atoms with van der Waals surface area (Å²) in [6, 6.07) is 3.39. The Hall–Kier alpha value is -1.86. The molecule has 0 bridgehead atoms. The minimum absolute atomic E-state index is 0.120. The first-order valence-electron chi connectivity index (χ1n) is 6.84. The second kappa shape index (κ2) is 6.10. The number of hydrogen-bond acceptors (Lipinski definition) is 4. The van der Waals surface area contributed by atoms with Gasteiger partial charge in [-0.3, -0.25) is 0 Å². The van der Waals surface area contributed by atoms with Crippen LogP contribution in [0, 0.1) is 5.82 Å². The van der Waals surface area contributed by atoms with E-state index in [1.165, 1.54) is 17.6 Å². The number of halogens is 2. The first-order chi connectivity index (χ1) is 10.6. The number of nitrogens with zero attached hydrogens (tertiary/aromatic N) is 3. The molecule has 0 spiro atoms. The molecule has 0 saturated carbocycles. The number of benzene rings is 1. The third-order valence-electron chi connectivity index (χ3n) is 3.19. The van der Waals surface area contributed by atoms with E-state index in [-0.39, 0.29) is 18.5 Å². The molecule has 0 aliphatic carbocycles. The normalized spacial score (nSPS) is 14.1. The van der Waals surface area contributed by atoms with Crippen LogP contribution in [0.3, 0.4) is 0 Å². The Kier molecular flexibility index (Phi) is 4.17. The van der Waals surface area contributed by atoms with Crippen molar-refractivity contribution >= 4 is 27.0 Å². The lowest BCUT2D eigenvalue weighted by Gasteiger charge is -2.19. The molecule has 22 heavy (non-hydrogen) atoms. The van der Waals surface area contributed by atoms with Crippen LogP contribution in [0.2, 0.25) is 0 Å². The molecule has 2 heterocycles. The second-order valence-corrected chi connectivity index (χ2v) is 6.00. The van der Waals surface area contributed by atoms with Crippen LogP contribution < -0.4 is 0 Å². The van der Waals surface area contributed by atoms with Crippen molar-refractivity contribution in [1.82, 2.24) is 14.8 Å². The Labute approximate surface area is 135 Å². The predicted octanol–water partition coefficient (Wildman–Crippen LogP) is 4.23. The molecule has 0 radical (unpaired) electrons.